The van der Waals surface area contributed by atoms with Crippen molar-refractivity contribution in [1.29, 1.82) is 0 Å². The summed E-state index contributed by atoms with van der Waals surface area (Å²) in [6.07, 6.45) is 2.55. The molecule has 2 rings (SSSR count). The fourth-order valence-electron chi connectivity index (χ4n) is 3.39. The summed E-state index contributed by atoms with van der Waals surface area (Å²) in [7, 11) is 0. The molecule has 0 radical (unpaired) electrons. The standard InChI is InChI=1S/C27H47NO9/c1-2-4-26(5-3-1)36-24-22-34-20-18-32-16-14-30-12-10-29-11-13-31-15-17-33-19-21-35-23-25-37-27-6-8-28-9-7-27/h1-5,27-28H,6-25H2. The van der Waals surface area contributed by atoms with Crippen LogP contribution in [0.3, 0.4) is 0 Å². The number of hydrogen-bond acceptors (Lipinski definition) is 10. The van der Waals surface area contributed by atoms with Crippen LogP contribution in [0.4, 0.5) is 0 Å². The smallest absolute Gasteiger partial charge is 0.119 e. The third-order valence-electron chi connectivity index (χ3n) is 5.34. The van der Waals surface area contributed by atoms with Gasteiger partial charge in [-0.15, -0.1) is 0 Å². The van der Waals surface area contributed by atoms with E-state index in [2.05, 4.69) is 5.32 Å². The summed E-state index contributed by atoms with van der Waals surface area (Å²) < 4.78 is 49.7. The first-order chi connectivity index (χ1) is 18.4. The van der Waals surface area contributed by atoms with Crippen molar-refractivity contribution >= 4 is 0 Å². The van der Waals surface area contributed by atoms with Gasteiger partial charge in [-0.05, 0) is 38.1 Å². The first-order valence-corrected chi connectivity index (χ1v) is 13.5. The molecule has 0 saturated carbocycles. The first-order valence-electron chi connectivity index (χ1n) is 13.5. The fraction of sp³-hybridized carbons (Fsp3) is 0.778. The van der Waals surface area contributed by atoms with Crippen LogP contribution in [0.15, 0.2) is 30.3 Å². The van der Waals surface area contributed by atoms with Crippen LogP contribution in [-0.4, -0.2) is 125 Å². The van der Waals surface area contributed by atoms with Crippen molar-refractivity contribution in [1.82, 2.24) is 5.32 Å². The Hall–Kier alpha value is -1.34. The van der Waals surface area contributed by atoms with Crippen LogP contribution in [-0.2, 0) is 37.9 Å². The lowest BCUT2D eigenvalue weighted by atomic mass is 10.1. The van der Waals surface area contributed by atoms with Crippen molar-refractivity contribution in [2.45, 2.75) is 18.9 Å². The van der Waals surface area contributed by atoms with E-state index >= 15 is 0 Å². The Morgan fingerprint density at radius 3 is 1.30 bits per heavy atom. The number of nitrogens with one attached hydrogen (secondary N) is 1. The van der Waals surface area contributed by atoms with Crippen molar-refractivity contribution in [2.24, 2.45) is 0 Å². The second kappa shape index (κ2) is 25.0. The van der Waals surface area contributed by atoms with Crippen molar-refractivity contribution < 1.29 is 42.6 Å². The summed E-state index contributed by atoms with van der Waals surface area (Å²) in [5.74, 6) is 0.850. The topological polar surface area (TPSA) is 95.1 Å². The Morgan fingerprint density at radius 1 is 0.486 bits per heavy atom. The lowest BCUT2D eigenvalue weighted by molar-refractivity contribution is -0.0314. The minimum absolute atomic E-state index is 0.378. The van der Waals surface area contributed by atoms with E-state index in [1.807, 2.05) is 30.3 Å². The first kappa shape index (κ1) is 31.9. The Bertz CT molecular complexity index is 590. The second-order valence-corrected chi connectivity index (χ2v) is 8.27. The number of benzene rings is 1. The maximum Gasteiger partial charge on any atom is 0.119 e. The number of ether oxygens (including phenoxy) is 9. The molecule has 1 heterocycles. The molecule has 1 saturated heterocycles. The molecule has 1 aromatic rings. The number of hydrogen-bond donors (Lipinski definition) is 1. The maximum atomic E-state index is 5.78. The minimum Gasteiger partial charge on any atom is -0.491 e. The normalized spacial score (nSPS) is 14.3. The third-order valence-corrected chi connectivity index (χ3v) is 5.34. The molecule has 1 N–H and O–H groups in total. The fourth-order valence-corrected chi connectivity index (χ4v) is 3.39. The van der Waals surface area contributed by atoms with Crippen molar-refractivity contribution in [3.63, 3.8) is 0 Å². The zero-order valence-corrected chi connectivity index (χ0v) is 22.3. The lowest BCUT2D eigenvalue weighted by Crippen LogP contribution is -2.33. The van der Waals surface area contributed by atoms with E-state index in [9.17, 15) is 0 Å². The molecule has 0 aliphatic carbocycles. The zero-order valence-electron chi connectivity index (χ0n) is 22.3. The van der Waals surface area contributed by atoms with Crippen LogP contribution in [0, 0.1) is 0 Å². The molecule has 0 atom stereocenters. The Balaban J connectivity index is 1.16. The highest BCUT2D eigenvalue weighted by atomic mass is 16.6. The van der Waals surface area contributed by atoms with Gasteiger partial charge >= 0.3 is 0 Å². The van der Waals surface area contributed by atoms with E-state index in [1.54, 1.807) is 0 Å². The molecule has 10 nitrogen and oxygen atoms in total. The summed E-state index contributed by atoms with van der Waals surface area (Å²) in [5, 5.41) is 3.33. The van der Waals surface area contributed by atoms with Crippen LogP contribution >= 0.6 is 0 Å². The Kier molecular flexibility index (Phi) is 21.5. The highest BCUT2D eigenvalue weighted by Gasteiger charge is 2.12. The Labute approximate surface area is 222 Å². The van der Waals surface area contributed by atoms with Crippen LogP contribution < -0.4 is 10.1 Å². The molecule has 1 aliphatic heterocycles. The van der Waals surface area contributed by atoms with Crippen LogP contribution in [0.1, 0.15) is 12.8 Å². The van der Waals surface area contributed by atoms with Gasteiger partial charge in [0.15, 0.2) is 0 Å². The monoisotopic (exact) mass is 529 g/mol. The molecular formula is C27H47NO9. The van der Waals surface area contributed by atoms with Gasteiger partial charge in [-0.3, -0.25) is 0 Å². The van der Waals surface area contributed by atoms with Crippen LogP contribution in [0.25, 0.3) is 0 Å². The van der Waals surface area contributed by atoms with Crippen molar-refractivity contribution in [3.8, 4) is 5.75 Å². The highest BCUT2D eigenvalue weighted by Crippen LogP contribution is 2.08. The van der Waals surface area contributed by atoms with Gasteiger partial charge < -0.3 is 47.9 Å². The summed E-state index contributed by atoms with van der Waals surface area (Å²) in [6.45, 7) is 10.9. The van der Waals surface area contributed by atoms with Crippen LogP contribution in [0.5, 0.6) is 5.75 Å². The summed E-state index contributed by atoms with van der Waals surface area (Å²) in [6, 6.07) is 9.69. The lowest BCUT2D eigenvalue weighted by Gasteiger charge is -2.22. The number of para-hydroxylation sites is 1. The van der Waals surface area contributed by atoms with E-state index < -0.39 is 0 Å². The zero-order chi connectivity index (χ0) is 25.9. The van der Waals surface area contributed by atoms with Gasteiger partial charge in [-0.25, -0.2) is 0 Å². The molecule has 1 aromatic carbocycles. The van der Waals surface area contributed by atoms with Gasteiger partial charge in [-0.2, -0.15) is 0 Å². The van der Waals surface area contributed by atoms with Gasteiger partial charge in [0.25, 0.3) is 0 Å². The molecule has 1 aliphatic rings. The SMILES string of the molecule is c1ccc(OCCOCCOCCOCCOCCOCCOCCOCCOC2CCNCC2)cc1. The van der Waals surface area contributed by atoms with Gasteiger partial charge in [-0.1, -0.05) is 18.2 Å². The minimum atomic E-state index is 0.378. The maximum absolute atomic E-state index is 5.78. The van der Waals surface area contributed by atoms with Crippen molar-refractivity contribution in [3.05, 3.63) is 30.3 Å². The quantitative estimate of drug-likeness (QED) is 0.180. The molecule has 0 unspecified atom stereocenters. The predicted octanol–water partition coefficient (Wildman–Crippen LogP) is 1.95. The van der Waals surface area contributed by atoms with Crippen LogP contribution in [0.2, 0.25) is 0 Å². The van der Waals surface area contributed by atoms with E-state index in [0.717, 1.165) is 31.7 Å². The van der Waals surface area contributed by atoms with E-state index in [4.69, 9.17) is 42.6 Å². The van der Waals surface area contributed by atoms with Gasteiger partial charge in [0.1, 0.15) is 12.4 Å². The highest BCUT2D eigenvalue weighted by molar-refractivity contribution is 5.20. The second-order valence-electron chi connectivity index (χ2n) is 8.27. The van der Waals surface area contributed by atoms with E-state index in [-0.39, 0.29) is 0 Å². The molecule has 0 spiro atoms. The molecule has 0 amide bonds. The summed E-state index contributed by atoms with van der Waals surface area (Å²) >= 11 is 0. The van der Waals surface area contributed by atoms with Crippen molar-refractivity contribution in [2.75, 3.05) is 119 Å². The molecule has 214 valence electrons. The molecule has 1 fully saturated rings. The van der Waals surface area contributed by atoms with Gasteiger partial charge in [0.2, 0.25) is 0 Å². The van der Waals surface area contributed by atoms with Gasteiger partial charge in [0.05, 0.1) is 105 Å². The number of piperidine rings is 1. The molecule has 10 heteroatoms. The largest absolute Gasteiger partial charge is 0.491 e. The van der Waals surface area contributed by atoms with Gasteiger partial charge in [0, 0.05) is 0 Å². The summed E-state index contributed by atoms with van der Waals surface area (Å²) in [5.41, 5.74) is 0. The molecule has 0 aromatic heterocycles. The molecule has 0 bridgehead atoms. The van der Waals surface area contributed by atoms with E-state index in [0.29, 0.717) is 112 Å². The average Bonchev–Trinajstić information content (AvgIpc) is 2.94. The number of rotatable bonds is 26. The van der Waals surface area contributed by atoms with E-state index in [1.165, 1.54) is 0 Å². The Morgan fingerprint density at radius 2 is 0.865 bits per heavy atom. The molecular weight excluding hydrogens is 482 g/mol. The summed E-state index contributed by atoms with van der Waals surface area (Å²) in [4.78, 5) is 0. The predicted molar refractivity (Wildman–Crippen MR) is 140 cm³/mol. The average molecular weight is 530 g/mol. The third kappa shape index (κ3) is 20.3. The molecule has 37 heavy (non-hydrogen) atoms.